The number of nitrogens with one attached hydrogen (secondary N) is 1. The Morgan fingerprint density at radius 3 is 2.07 bits per heavy atom. The maximum atomic E-state index is 12.8. The van der Waals surface area contributed by atoms with Crippen LogP contribution in [0.25, 0.3) is 0 Å². The molecule has 5 amide bonds. The number of likely N-dealkylation sites (tertiary alicyclic amines) is 1. The molecule has 0 atom stereocenters. The molecule has 0 radical (unpaired) electrons. The maximum absolute atomic E-state index is 12.8. The molecule has 1 saturated carbocycles. The van der Waals surface area contributed by atoms with Crippen molar-refractivity contribution in [2.45, 2.75) is 38.5 Å². The highest BCUT2D eigenvalue weighted by Gasteiger charge is 2.51. The summed E-state index contributed by atoms with van der Waals surface area (Å²) < 4.78 is 0. The number of benzene rings is 1. The van der Waals surface area contributed by atoms with Crippen LogP contribution in [-0.2, 0) is 14.4 Å². The van der Waals surface area contributed by atoms with Gasteiger partial charge >= 0.3 is 0 Å². The highest BCUT2D eigenvalue weighted by atomic mass is 16.2. The normalized spacial score (nSPS) is 18.4. The van der Waals surface area contributed by atoms with Crippen molar-refractivity contribution in [2.24, 2.45) is 16.9 Å². The van der Waals surface area contributed by atoms with E-state index >= 15 is 0 Å². The first kappa shape index (κ1) is 19.5. The highest BCUT2D eigenvalue weighted by molar-refractivity contribution is 6.09. The van der Waals surface area contributed by atoms with Gasteiger partial charge in [-0.3, -0.25) is 28.9 Å². The van der Waals surface area contributed by atoms with Gasteiger partial charge in [-0.05, 0) is 31.0 Å². The Bertz CT molecular complexity index is 841. The van der Waals surface area contributed by atoms with Gasteiger partial charge in [0.25, 0.3) is 0 Å². The summed E-state index contributed by atoms with van der Waals surface area (Å²) in [6.07, 6.45) is 4.31. The summed E-state index contributed by atoms with van der Waals surface area (Å²) in [6, 6.07) is 3.81. The zero-order chi connectivity index (χ0) is 20.5. The van der Waals surface area contributed by atoms with Crippen LogP contribution in [0.15, 0.2) is 18.2 Å². The standard InChI is InChI=1S/C19H22N4O5/c20-16(26)11-6-12(17(21)27)8-13(7-11)22-14(24)10-23-15(25)9-19(18(23)28)4-2-1-3-5-19/h6-8H,1-5,9-10H2,(H2,20,26)(H2,21,27)(H,22,24). The van der Waals surface area contributed by atoms with E-state index in [1.54, 1.807) is 0 Å². The molecule has 1 saturated heterocycles. The Labute approximate surface area is 161 Å². The SMILES string of the molecule is NC(=O)c1cc(NC(=O)CN2C(=O)CC3(CCCCC3)C2=O)cc(C(N)=O)c1. The summed E-state index contributed by atoms with van der Waals surface area (Å²) in [6.45, 7) is -0.424. The molecule has 1 aliphatic heterocycles. The summed E-state index contributed by atoms with van der Waals surface area (Å²) in [7, 11) is 0. The van der Waals surface area contributed by atoms with Gasteiger partial charge in [0.1, 0.15) is 6.54 Å². The van der Waals surface area contributed by atoms with Crippen molar-refractivity contribution in [1.82, 2.24) is 4.90 Å². The van der Waals surface area contributed by atoms with Gasteiger partial charge in [0.2, 0.25) is 29.5 Å². The Hall–Kier alpha value is -3.23. The summed E-state index contributed by atoms with van der Waals surface area (Å²) in [5, 5.41) is 2.49. The molecule has 0 unspecified atom stereocenters. The van der Waals surface area contributed by atoms with Crippen molar-refractivity contribution in [1.29, 1.82) is 0 Å². The van der Waals surface area contributed by atoms with Crippen LogP contribution in [0.3, 0.4) is 0 Å². The van der Waals surface area contributed by atoms with Crippen LogP contribution >= 0.6 is 0 Å². The molecule has 0 bridgehead atoms. The molecule has 1 aromatic rings. The molecule has 9 nitrogen and oxygen atoms in total. The van der Waals surface area contributed by atoms with Crippen LogP contribution in [0.2, 0.25) is 0 Å². The quantitative estimate of drug-likeness (QED) is 0.630. The Kier molecular flexibility index (Phi) is 5.17. The highest BCUT2D eigenvalue weighted by Crippen LogP contribution is 2.45. The lowest BCUT2D eigenvalue weighted by atomic mass is 9.73. The second kappa shape index (κ2) is 7.41. The lowest BCUT2D eigenvalue weighted by molar-refractivity contribution is -0.144. The fraction of sp³-hybridized carbons (Fsp3) is 0.421. The van der Waals surface area contributed by atoms with E-state index < -0.39 is 29.7 Å². The predicted octanol–water partition coefficient (Wildman–Crippen LogP) is 0.532. The molecule has 148 valence electrons. The number of nitrogens with zero attached hydrogens (tertiary/aromatic N) is 1. The zero-order valence-electron chi connectivity index (χ0n) is 15.3. The first-order valence-electron chi connectivity index (χ1n) is 9.11. The Morgan fingerprint density at radius 2 is 1.54 bits per heavy atom. The van der Waals surface area contributed by atoms with Gasteiger partial charge in [0.05, 0.1) is 5.41 Å². The molecule has 1 heterocycles. The van der Waals surface area contributed by atoms with Crippen molar-refractivity contribution < 1.29 is 24.0 Å². The lowest BCUT2D eigenvalue weighted by Gasteiger charge is -2.30. The molecule has 0 aromatic heterocycles. The molecule has 1 spiro atoms. The van der Waals surface area contributed by atoms with Crippen LogP contribution in [0.5, 0.6) is 0 Å². The number of rotatable bonds is 5. The minimum atomic E-state index is -0.789. The average Bonchev–Trinajstić information content (AvgIpc) is 2.86. The largest absolute Gasteiger partial charge is 0.366 e. The van der Waals surface area contributed by atoms with E-state index in [0.29, 0.717) is 12.8 Å². The first-order chi connectivity index (χ1) is 13.2. The van der Waals surface area contributed by atoms with Gasteiger partial charge < -0.3 is 16.8 Å². The summed E-state index contributed by atoms with van der Waals surface area (Å²) in [4.78, 5) is 61.3. The fourth-order valence-corrected chi connectivity index (χ4v) is 3.97. The lowest BCUT2D eigenvalue weighted by Crippen LogP contribution is -2.41. The number of carbonyl (C=O) groups excluding carboxylic acids is 5. The first-order valence-corrected chi connectivity index (χ1v) is 9.11. The number of primary amides is 2. The third-order valence-corrected chi connectivity index (χ3v) is 5.39. The van der Waals surface area contributed by atoms with E-state index in [4.69, 9.17) is 11.5 Å². The van der Waals surface area contributed by atoms with E-state index in [9.17, 15) is 24.0 Å². The molecule has 28 heavy (non-hydrogen) atoms. The van der Waals surface area contributed by atoms with E-state index in [1.165, 1.54) is 18.2 Å². The van der Waals surface area contributed by atoms with Crippen molar-refractivity contribution in [3.8, 4) is 0 Å². The van der Waals surface area contributed by atoms with Crippen molar-refractivity contribution in [2.75, 3.05) is 11.9 Å². The van der Waals surface area contributed by atoms with Gasteiger partial charge in [-0.2, -0.15) is 0 Å². The fourth-order valence-electron chi connectivity index (χ4n) is 3.97. The van der Waals surface area contributed by atoms with Crippen LogP contribution in [0.4, 0.5) is 5.69 Å². The van der Waals surface area contributed by atoms with E-state index in [2.05, 4.69) is 5.32 Å². The van der Waals surface area contributed by atoms with Crippen LogP contribution < -0.4 is 16.8 Å². The smallest absolute Gasteiger partial charge is 0.248 e. The van der Waals surface area contributed by atoms with E-state index in [0.717, 1.165) is 24.2 Å². The molecule has 2 fully saturated rings. The van der Waals surface area contributed by atoms with Crippen molar-refractivity contribution >= 4 is 35.2 Å². The van der Waals surface area contributed by atoms with Gasteiger partial charge in [-0.25, -0.2) is 0 Å². The van der Waals surface area contributed by atoms with E-state index in [1.807, 2.05) is 0 Å². The monoisotopic (exact) mass is 386 g/mol. The van der Waals surface area contributed by atoms with Crippen LogP contribution in [0.1, 0.15) is 59.2 Å². The Morgan fingerprint density at radius 1 is 0.964 bits per heavy atom. The molecule has 1 aromatic carbocycles. The van der Waals surface area contributed by atoms with Gasteiger partial charge in [-0.15, -0.1) is 0 Å². The summed E-state index contributed by atoms with van der Waals surface area (Å²) in [5.41, 5.74) is 9.92. The zero-order valence-corrected chi connectivity index (χ0v) is 15.3. The number of amides is 5. The molecule has 9 heteroatoms. The summed E-state index contributed by atoms with van der Waals surface area (Å²) >= 11 is 0. The minimum absolute atomic E-state index is 0.00100. The minimum Gasteiger partial charge on any atom is -0.366 e. The second-order valence-corrected chi connectivity index (χ2v) is 7.38. The number of nitrogens with two attached hydrogens (primary N) is 2. The molecule has 1 aliphatic carbocycles. The molecular formula is C19H22N4O5. The maximum Gasteiger partial charge on any atom is 0.248 e. The Balaban J connectivity index is 1.74. The van der Waals surface area contributed by atoms with Crippen molar-refractivity contribution in [3.05, 3.63) is 29.3 Å². The summed E-state index contributed by atoms with van der Waals surface area (Å²) in [5.74, 6) is -2.85. The topological polar surface area (TPSA) is 153 Å². The molecule has 5 N–H and O–H groups in total. The molecular weight excluding hydrogens is 364 g/mol. The number of imide groups is 1. The van der Waals surface area contributed by atoms with Crippen LogP contribution in [-0.4, -0.2) is 41.0 Å². The molecule has 2 aliphatic rings. The molecule has 3 rings (SSSR count). The second-order valence-electron chi connectivity index (χ2n) is 7.38. The number of hydrogen-bond acceptors (Lipinski definition) is 5. The third-order valence-electron chi connectivity index (χ3n) is 5.39. The van der Waals surface area contributed by atoms with Gasteiger partial charge in [0, 0.05) is 23.2 Å². The number of carbonyl (C=O) groups is 5. The number of anilines is 1. The number of hydrogen-bond donors (Lipinski definition) is 3. The van der Waals surface area contributed by atoms with E-state index in [-0.39, 0.29) is 35.0 Å². The van der Waals surface area contributed by atoms with Crippen molar-refractivity contribution in [3.63, 3.8) is 0 Å². The third kappa shape index (κ3) is 3.73. The van der Waals surface area contributed by atoms with Gasteiger partial charge in [0.15, 0.2) is 0 Å². The van der Waals surface area contributed by atoms with Gasteiger partial charge in [-0.1, -0.05) is 19.3 Å². The van der Waals surface area contributed by atoms with Crippen LogP contribution in [0, 0.1) is 5.41 Å². The predicted molar refractivity (Wildman–Crippen MR) is 99.0 cm³/mol. The average molecular weight is 386 g/mol.